The summed E-state index contributed by atoms with van der Waals surface area (Å²) < 4.78 is 11.1. The molecule has 1 aliphatic rings. The highest BCUT2D eigenvalue weighted by Gasteiger charge is 2.25. The summed E-state index contributed by atoms with van der Waals surface area (Å²) in [5.74, 6) is -0.0110. The molecular formula is C11H14N2O4. The van der Waals surface area contributed by atoms with Gasteiger partial charge >= 0.3 is 5.97 Å². The second-order valence-electron chi connectivity index (χ2n) is 3.89. The van der Waals surface area contributed by atoms with Crippen molar-refractivity contribution in [1.29, 1.82) is 0 Å². The SMILES string of the molecule is Nc1ccc(N)c2c1OC[C@@H](CCC(=O)O)O2. The smallest absolute Gasteiger partial charge is 0.303 e. The van der Waals surface area contributed by atoms with Gasteiger partial charge in [-0.05, 0) is 18.6 Å². The minimum atomic E-state index is -0.861. The summed E-state index contributed by atoms with van der Waals surface area (Å²) in [6.07, 6.45) is 0.108. The third kappa shape index (κ3) is 2.35. The number of benzene rings is 1. The van der Waals surface area contributed by atoms with Gasteiger partial charge < -0.3 is 26.0 Å². The van der Waals surface area contributed by atoms with E-state index in [1.165, 1.54) is 0 Å². The van der Waals surface area contributed by atoms with Crippen LogP contribution in [0.2, 0.25) is 0 Å². The molecule has 0 fully saturated rings. The van der Waals surface area contributed by atoms with Crippen molar-refractivity contribution in [3.63, 3.8) is 0 Å². The fourth-order valence-electron chi connectivity index (χ4n) is 1.67. The van der Waals surface area contributed by atoms with Crippen LogP contribution in [0.1, 0.15) is 12.8 Å². The van der Waals surface area contributed by atoms with Crippen LogP contribution in [0.4, 0.5) is 11.4 Å². The Kier molecular flexibility index (Phi) is 2.95. The Morgan fingerprint density at radius 1 is 1.35 bits per heavy atom. The molecule has 5 N–H and O–H groups in total. The van der Waals surface area contributed by atoms with Crippen molar-refractivity contribution >= 4 is 17.3 Å². The molecule has 1 aromatic rings. The van der Waals surface area contributed by atoms with Crippen LogP contribution in [0.5, 0.6) is 11.5 Å². The van der Waals surface area contributed by atoms with Crippen molar-refractivity contribution in [2.24, 2.45) is 0 Å². The zero-order chi connectivity index (χ0) is 12.4. The second-order valence-corrected chi connectivity index (χ2v) is 3.89. The molecule has 0 saturated carbocycles. The van der Waals surface area contributed by atoms with Crippen LogP contribution in [-0.2, 0) is 4.79 Å². The average molecular weight is 238 g/mol. The highest BCUT2D eigenvalue weighted by Crippen LogP contribution is 2.42. The number of nitrogen functional groups attached to an aromatic ring is 2. The van der Waals surface area contributed by atoms with Gasteiger partial charge in [-0.3, -0.25) is 4.79 Å². The van der Waals surface area contributed by atoms with Crippen LogP contribution in [0, 0.1) is 0 Å². The summed E-state index contributed by atoms with van der Waals surface area (Å²) in [5, 5.41) is 8.60. The van der Waals surface area contributed by atoms with Gasteiger partial charge in [-0.1, -0.05) is 0 Å². The lowest BCUT2D eigenvalue weighted by Gasteiger charge is -2.27. The van der Waals surface area contributed by atoms with Gasteiger partial charge in [0.15, 0.2) is 11.5 Å². The van der Waals surface area contributed by atoms with Crippen LogP contribution >= 0.6 is 0 Å². The molecular weight excluding hydrogens is 224 g/mol. The van der Waals surface area contributed by atoms with Gasteiger partial charge in [0.1, 0.15) is 12.7 Å². The molecule has 0 bridgehead atoms. The summed E-state index contributed by atoms with van der Waals surface area (Å²) in [6.45, 7) is 0.286. The molecule has 1 aromatic carbocycles. The number of carboxylic acid groups (broad SMARTS) is 1. The molecule has 0 radical (unpaired) electrons. The zero-order valence-corrected chi connectivity index (χ0v) is 9.18. The van der Waals surface area contributed by atoms with Gasteiger partial charge in [-0.25, -0.2) is 0 Å². The molecule has 0 saturated heterocycles. The Balaban J connectivity index is 2.13. The number of anilines is 2. The van der Waals surface area contributed by atoms with Crippen LogP contribution < -0.4 is 20.9 Å². The fraction of sp³-hybridized carbons (Fsp3) is 0.364. The van der Waals surface area contributed by atoms with Crippen LogP contribution in [0.15, 0.2) is 12.1 Å². The van der Waals surface area contributed by atoms with E-state index in [0.717, 1.165) is 0 Å². The first-order chi connectivity index (χ1) is 8.08. The first kappa shape index (κ1) is 11.4. The summed E-state index contributed by atoms with van der Waals surface area (Å²) in [4.78, 5) is 10.5. The highest BCUT2D eigenvalue weighted by molar-refractivity contribution is 5.71. The summed E-state index contributed by atoms with van der Waals surface area (Å²) in [5.41, 5.74) is 12.4. The maximum atomic E-state index is 10.5. The van der Waals surface area contributed by atoms with Gasteiger partial charge in [-0.2, -0.15) is 0 Å². The van der Waals surface area contributed by atoms with Crippen LogP contribution in [0.3, 0.4) is 0 Å². The molecule has 0 spiro atoms. The molecule has 1 heterocycles. The van der Waals surface area contributed by atoms with E-state index >= 15 is 0 Å². The molecule has 6 heteroatoms. The number of rotatable bonds is 3. The van der Waals surface area contributed by atoms with Gasteiger partial charge in [0.2, 0.25) is 0 Å². The van der Waals surface area contributed by atoms with E-state index in [4.69, 9.17) is 26.0 Å². The van der Waals surface area contributed by atoms with Crippen molar-refractivity contribution in [3.05, 3.63) is 12.1 Å². The summed E-state index contributed by atoms with van der Waals surface area (Å²) >= 11 is 0. The van der Waals surface area contributed by atoms with E-state index in [1.807, 2.05) is 0 Å². The molecule has 1 aliphatic heterocycles. The van der Waals surface area contributed by atoms with Crippen LogP contribution in [0.25, 0.3) is 0 Å². The number of hydrogen-bond acceptors (Lipinski definition) is 5. The highest BCUT2D eigenvalue weighted by atomic mass is 16.6. The lowest BCUT2D eigenvalue weighted by molar-refractivity contribution is -0.137. The molecule has 6 nitrogen and oxygen atoms in total. The van der Waals surface area contributed by atoms with Gasteiger partial charge in [0.05, 0.1) is 11.4 Å². The van der Waals surface area contributed by atoms with Gasteiger partial charge in [-0.15, -0.1) is 0 Å². The lowest BCUT2D eigenvalue weighted by Crippen LogP contribution is -2.30. The minimum absolute atomic E-state index is 0.0333. The molecule has 17 heavy (non-hydrogen) atoms. The Bertz CT molecular complexity index is 447. The molecule has 1 atom stereocenters. The number of carbonyl (C=O) groups is 1. The van der Waals surface area contributed by atoms with E-state index in [0.29, 0.717) is 29.3 Å². The Morgan fingerprint density at radius 2 is 2.00 bits per heavy atom. The van der Waals surface area contributed by atoms with Crippen molar-refractivity contribution in [2.75, 3.05) is 18.1 Å². The summed E-state index contributed by atoms with van der Waals surface area (Å²) in [7, 11) is 0. The molecule has 2 rings (SSSR count). The van der Waals surface area contributed by atoms with E-state index in [-0.39, 0.29) is 19.1 Å². The number of fused-ring (bicyclic) bond motifs is 1. The monoisotopic (exact) mass is 238 g/mol. The second kappa shape index (κ2) is 4.40. The molecule has 92 valence electrons. The molecule has 0 aliphatic carbocycles. The number of nitrogens with two attached hydrogens (primary N) is 2. The van der Waals surface area contributed by atoms with E-state index in [9.17, 15) is 4.79 Å². The predicted octanol–water partition coefficient (Wildman–Crippen LogP) is 0.856. The quantitative estimate of drug-likeness (QED) is 0.674. The van der Waals surface area contributed by atoms with Gasteiger partial charge in [0.25, 0.3) is 0 Å². The Labute approximate surface area is 98.1 Å². The first-order valence-corrected chi connectivity index (χ1v) is 5.27. The number of carboxylic acids is 1. The van der Waals surface area contributed by atoms with E-state index < -0.39 is 5.97 Å². The van der Waals surface area contributed by atoms with Crippen molar-refractivity contribution < 1.29 is 19.4 Å². The summed E-state index contributed by atoms with van der Waals surface area (Å²) in [6, 6.07) is 3.28. The number of ether oxygens (including phenoxy) is 2. The lowest BCUT2D eigenvalue weighted by atomic mass is 10.1. The third-order valence-corrected chi connectivity index (χ3v) is 2.55. The largest absolute Gasteiger partial charge is 0.484 e. The number of hydrogen-bond donors (Lipinski definition) is 3. The average Bonchev–Trinajstić information content (AvgIpc) is 2.31. The van der Waals surface area contributed by atoms with E-state index in [2.05, 4.69) is 0 Å². The zero-order valence-electron chi connectivity index (χ0n) is 9.18. The van der Waals surface area contributed by atoms with Crippen molar-refractivity contribution in [1.82, 2.24) is 0 Å². The number of aliphatic carboxylic acids is 1. The van der Waals surface area contributed by atoms with Crippen LogP contribution in [-0.4, -0.2) is 23.8 Å². The predicted molar refractivity (Wildman–Crippen MR) is 62.0 cm³/mol. The standard InChI is InChI=1S/C11H14N2O4/c12-7-2-3-8(13)11-10(7)16-5-6(17-11)1-4-9(14)15/h2-3,6H,1,4-5,12-13H2,(H,14,15)/t6-/m1/s1. The van der Waals surface area contributed by atoms with Crippen molar-refractivity contribution in [3.8, 4) is 11.5 Å². The maximum Gasteiger partial charge on any atom is 0.303 e. The normalized spacial score (nSPS) is 17.8. The Morgan fingerprint density at radius 3 is 2.65 bits per heavy atom. The van der Waals surface area contributed by atoms with Gasteiger partial charge in [0, 0.05) is 6.42 Å². The Hall–Kier alpha value is -2.11. The minimum Gasteiger partial charge on any atom is -0.484 e. The van der Waals surface area contributed by atoms with Crippen molar-refractivity contribution in [2.45, 2.75) is 18.9 Å². The topological polar surface area (TPSA) is 108 Å². The molecule has 0 amide bonds. The molecule has 0 unspecified atom stereocenters. The van der Waals surface area contributed by atoms with E-state index in [1.54, 1.807) is 12.1 Å². The third-order valence-electron chi connectivity index (χ3n) is 2.55. The maximum absolute atomic E-state index is 10.5. The molecule has 0 aromatic heterocycles. The first-order valence-electron chi connectivity index (χ1n) is 5.27. The fourth-order valence-corrected chi connectivity index (χ4v) is 1.67.